The zero-order chi connectivity index (χ0) is 16.2. The molecule has 0 atom stereocenters. The van der Waals surface area contributed by atoms with Crippen molar-refractivity contribution >= 4 is 34.7 Å². The average molecular weight is 324 g/mol. The van der Waals surface area contributed by atoms with E-state index in [0.29, 0.717) is 22.3 Å². The van der Waals surface area contributed by atoms with Gasteiger partial charge in [0.15, 0.2) is 0 Å². The average Bonchev–Trinajstić information content (AvgIpc) is 2.89. The molecule has 2 aromatic heterocycles. The fourth-order valence-corrected chi connectivity index (χ4v) is 2.97. The molecule has 6 heteroatoms. The Morgan fingerprint density at radius 1 is 1.35 bits per heavy atom. The summed E-state index contributed by atoms with van der Waals surface area (Å²) < 4.78 is 1.86. The molecule has 3 rings (SSSR count). The topological polar surface area (TPSA) is 59.8 Å². The number of para-hydroxylation sites is 2. The highest BCUT2D eigenvalue weighted by atomic mass is 32.2. The second-order valence-electron chi connectivity index (χ2n) is 4.89. The van der Waals surface area contributed by atoms with Crippen molar-refractivity contribution < 1.29 is 4.79 Å². The summed E-state index contributed by atoms with van der Waals surface area (Å²) in [6.45, 7) is 3.69. The summed E-state index contributed by atoms with van der Waals surface area (Å²) in [6.07, 6.45) is 3.46. The van der Waals surface area contributed by atoms with Crippen LogP contribution in [0, 0.1) is 0 Å². The molecule has 1 N–H and O–H groups in total. The van der Waals surface area contributed by atoms with E-state index in [1.165, 1.54) is 11.8 Å². The largest absolute Gasteiger partial charge is 0.313 e. The smallest absolute Gasteiger partial charge is 0.260 e. The Morgan fingerprint density at radius 2 is 2.17 bits per heavy atom. The Kier molecular flexibility index (Phi) is 4.43. The van der Waals surface area contributed by atoms with Crippen LogP contribution in [-0.4, -0.2) is 26.2 Å². The molecule has 0 saturated carbocycles. The van der Waals surface area contributed by atoms with Crippen molar-refractivity contribution in [1.29, 1.82) is 0 Å². The van der Waals surface area contributed by atoms with Gasteiger partial charge in [-0.1, -0.05) is 18.2 Å². The Labute approximate surface area is 138 Å². The SMILES string of the molecule is C=CCSc1ncccc1C(=O)Nc1nc2ccccc2n1C. The molecule has 0 aliphatic heterocycles. The van der Waals surface area contributed by atoms with Crippen molar-refractivity contribution in [3.8, 4) is 0 Å². The van der Waals surface area contributed by atoms with Crippen LogP contribution in [0.4, 0.5) is 5.95 Å². The molecule has 0 aliphatic rings. The minimum atomic E-state index is -0.219. The molecule has 0 bridgehead atoms. The van der Waals surface area contributed by atoms with E-state index >= 15 is 0 Å². The summed E-state index contributed by atoms with van der Waals surface area (Å²) in [5.74, 6) is 0.992. The summed E-state index contributed by atoms with van der Waals surface area (Å²) in [4.78, 5) is 21.3. The molecule has 0 aliphatic carbocycles. The van der Waals surface area contributed by atoms with E-state index in [0.717, 1.165) is 11.0 Å². The van der Waals surface area contributed by atoms with E-state index in [2.05, 4.69) is 21.9 Å². The van der Waals surface area contributed by atoms with Crippen LogP contribution >= 0.6 is 11.8 Å². The number of aromatic nitrogens is 3. The number of carbonyl (C=O) groups excluding carboxylic acids is 1. The number of nitrogens with zero attached hydrogens (tertiary/aromatic N) is 3. The maximum Gasteiger partial charge on any atom is 0.260 e. The van der Waals surface area contributed by atoms with Gasteiger partial charge in [0, 0.05) is 19.0 Å². The number of hydrogen-bond donors (Lipinski definition) is 1. The van der Waals surface area contributed by atoms with Crippen molar-refractivity contribution in [2.75, 3.05) is 11.1 Å². The molecule has 1 aromatic carbocycles. The van der Waals surface area contributed by atoms with Crippen molar-refractivity contribution in [3.05, 3.63) is 60.8 Å². The summed E-state index contributed by atoms with van der Waals surface area (Å²) >= 11 is 1.48. The van der Waals surface area contributed by atoms with Crippen molar-refractivity contribution in [1.82, 2.24) is 14.5 Å². The fourth-order valence-electron chi connectivity index (χ4n) is 2.24. The minimum Gasteiger partial charge on any atom is -0.313 e. The summed E-state index contributed by atoms with van der Waals surface area (Å²) in [7, 11) is 1.88. The molecule has 0 saturated heterocycles. The van der Waals surface area contributed by atoms with Crippen molar-refractivity contribution in [3.63, 3.8) is 0 Å². The van der Waals surface area contributed by atoms with Crippen LogP contribution in [0.5, 0.6) is 0 Å². The van der Waals surface area contributed by atoms with E-state index in [1.54, 1.807) is 24.4 Å². The Morgan fingerprint density at radius 3 is 2.96 bits per heavy atom. The van der Waals surface area contributed by atoms with Crippen LogP contribution < -0.4 is 5.32 Å². The molecular weight excluding hydrogens is 308 g/mol. The molecule has 1 amide bonds. The molecule has 116 valence electrons. The highest BCUT2D eigenvalue weighted by molar-refractivity contribution is 7.99. The number of amides is 1. The van der Waals surface area contributed by atoms with Gasteiger partial charge in [0.2, 0.25) is 5.95 Å². The summed E-state index contributed by atoms with van der Waals surface area (Å²) in [6, 6.07) is 11.3. The van der Waals surface area contributed by atoms with Crippen LogP contribution in [0.15, 0.2) is 60.3 Å². The van der Waals surface area contributed by atoms with Crippen LogP contribution in [0.3, 0.4) is 0 Å². The third-order valence-electron chi connectivity index (χ3n) is 3.37. The number of rotatable bonds is 5. The van der Waals surface area contributed by atoms with Crippen molar-refractivity contribution in [2.24, 2.45) is 7.05 Å². The van der Waals surface area contributed by atoms with E-state index in [-0.39, 0.29) is 5.91 Å². The first-order valence-electron chi connectivity index (χ1n) is 7.12. The number of carbonyl (C=O) groups is 1. The van der Waals surface area contributed by atoms with Crippen LogP contribution in [0.25, 0.3) is 11.0 Å². The standard InChI is InChI=1S/C17H16N4OS/c1-3-11-23-16-12(7-6-10-18-16)15(22)20-17-19-13-8-4-5-9-14(13)21(17)2/h3-10H,1,11H2,2H3,(H,19,20,22). The second kappa shape index (κ2) is 6.66. The van der Waals surface area contributed by atoms with Crippen LogP contribution in [0.2, 0.25) is 0 Å². The van der Waals surface area contributed by atoms with Crippen LogP contribution in [0.1, 0.15) is 10.4 Å². The Hall–Kier alpha value is -2.60. The maximum atomic E-state index is 12.6. The quantitative estimate of drug-likeness (QED) is 0.576. The van der Waals surface area contributed by atoms with Gasteiger partial charge in [-0.15, -0.1) is 18.3 Å². The number of nitrogens with one attached hydrogen (secondary N) is 1. The molecule has 0 spiro atoms. The van der Waals surface area contributed by atoms with Crippen molar-refractivity contribution in [2.45, 2.75) is 5.03 Å². The molecule has 2 heterocycles. The molecular formula is C17H16N4OS. The predicted molar refractivity (Wildman–Crippen MR) is 93.8 cm³/mol. The van der Waals surface area contributed by atoms with Crippen LogP contribution in [-0.2, 0) is 7.05 Å². The third-order valence-corrected chi connectivity index (χ3v) is 4.37. The number of pyridine rings is 1. The fraction of sp³-hybridized carbons (Fsp3) is 0.118. The second-order valence-corrected chi connectivity index (χ2v) is 5.90. The number of hydrogen-bond acceptors (Lipinski definition) is 4. The number of benzene rings is 1. The lowest BCUT2D eigenvalue weighted by molar-refractivity contribution is 0.102. The zero-order valence-electron chi connectivity index (χ0n) is 12.7. The third kappa shape index (κ3) is 3.12. The van der Waals surface area contributed by atoms with Gasteiger partial charge in [-0.05, 0) is 24.3 Å². The van der Waals surface area contributed by atoms with E-state index in [4.69, 9.17) is 0 Å². The molecule has 0 radical (unpaired) electrons. The Balaban J connectivity index is 1.89. The van der Waals surface area contributed by atoms with E-state index in [9.17, 15) is 4.79 Å². The number of fused-ring (bicyclic) bond motifs is 1. The van der Waals surface area contributed by atoms with E-state index in [1.807, 2.05) is 35.9 Å². The predicted octanol–water partition coefficient (Wildman–Crippen LogP) is 3.50. The monoisotopic (exact) mass is 324 g/mol. The molecule has 23 heavy (non-hydrogen) atoms. The highest BCUT2D eigenvalue weighted by Gasteiger charge is 2.15. The van der Waals surface area contributed by atoms with Gasteiger partial charge in [0.05, 0.1) is 16.6 Å². The summed E-state index contributed by atoms with van der Waals surface area (Å²) in [5, 5.41) is 3.55. The number of anilines is 1. The van der Waals surface area contributed by atoms with Gasteiger partial charge in [0.1, 0.15) is 5.03 Å². The number of thioether (sulfide) groups is 1. The Bertz CT molecular complexity index is 872. The minimum absolute atomic E-state index is 0.219. The van der Waals surface area contributed by atoms with Gasteiger partial charge in [-0.3, -0.25) is 10.1 Å². The highest BCUT2D eigenvalue weighted by Crippen LogP contribution is 2.22. The first-order valence-corrected chi connectivity index (χ1v) is 8.11. The lowest BCUT2D eigenvalue weighted by Crippen LogP contribution is -2.16. The summed E-state index contributed by atoms with van der Waals surface area (Å²) in [5.41, 5.74) is 2.35. The molecule has 5 nitrogen and oxygen atoms in total. The van der Waals surface area contributed by atoms with Gasteiger partial charge in [-0.2, -0.15) is 0 Å². The normalized spacial score (nSPS) is 10.7. The first-order chi connectivity index (χ1) is 11.2. The molecule has 0 fully saturated rings. The molecule has 0 unspecified atom stereocenters. The van der Waals surface area contributed by atoms with Gasteiger partial charge < -0.3 is 4.57 Å². The number of imidazole rings is 1. The number of aryl methyl sites for hydroxylation is 1. The van der Waals surface area contributed by atoms with E-state index < -0.39 is 0 Å². The van der Waals surface area contributed by atoms with Gasteiger partial charge in [-0.25, -0.2) is 9.97 Å². The lowest BCUT2D eigenvalue weighted by Gasteiger charge is -2.08. The van der Waals surface area contributed by atoms with Gasteiger partial charge >= 0.3 is 0 Å². The maximum absolute atomic E-state index is 12.6. The first kappa shape index (κ1) is 15.3. The molecule has 3 aromatic rings. The lowest BCUT2D eigenvalue weighted by atomic mass is 10.3. The zero-order valence-corrected chi connectivity index (χ0v) is 13.5. The van der Waals surface area contributed by atoms with Gasteiger partial charge in [0.25, 0.3) is 5.91 Å².